The summed E-state index contributed by atoms with van der Waals surface area (Å²) >= 11 is 0. The molecule has 0 fully saturated rings. The Morgan fingerprint density at radius 1 is 1.15 bits per heavy atom. The van der Waals surface area contributed by atoms with Crippen molar-refractivity contribution in [2.45, 2.75) is 26.9 Å². The van der Waals surface area contributed by atoms with Gasteiger partial charge in [-0.25, -0.2) is 9.97 Å². The molecule has 0 unspecified atom stereocenters. The molecule has 20 heavy (non-hydrogen) atoms. The molecule has 0 radical (unpaired) electrons. The molecule has 2 N–H and O–H groups in total. The zero-order valence-corrected chi connectivity index (χ0v) is 12.3. The molecule has 0 atom stereocenters. The van der Waals surface area contributed by atoms with Crippen molar-refractivity contribution in [1.82, 2.24) is 9.97 Å². The van der Waals surface area contributed by atoms with E-state index in [-0.39, 0.29) is 0 Å². The average molecular weight is 271 g/mol. The largest absolute Gasteiger partial charge is 0.384 e. The Morgan fingerprint density at radius 3 is 2.45 bits per heavy atom. The number of rotatable bonds is 5. The molecule has 0 saturated heterocycles. The van der Waals surface area contributed by atoms with Crippen LogP contribution >= 0.6 is 0 Å². The fraction of sp³-hybridized carbons (Fsp3) is 0.375. The van der Waals surface area contributed by atoms with E-state index < -0.39 is 0 Å². The molecule has 2 aromatic rings. The van der Waals surface area contributed by atoms with E-state index in [4.69, 9.17) is 10.5 Å². The molecule has 106 valence electrons. The first-order valence-corrected chi connectivity index (χ1v) is 6.80. The second-order valence-corrected chi connectivity index (χ2v) is 5.34. The Balaban J connectivity index is 2.29. The van der Waals surface area contributed by atoms with Crippen LogP contribution in [-0.2, 0) is 17.8 Å². The first kappa shape index (κ1) is 14.5. The molecule has 2 rings (SSSR count). The Bertz CT molecular complexity index is 564. The minimum atomic E-state index is 0.520. The smallest absolute Gasteiger partial charge is 0.161 e. The maximum Gasteiger partial charge on any atom is 0.161 e. The van der Waals surface area contributed by atoms with Gasteiger partial charge in [0.05, 0.1) is 6.61 Å². The third kappa shape index (κ3) is 3.78. The highest BCUT2D eigenvalue weighted by molar-refractivity contribution is 5.57. The molecule has 4 nitrogen and oxygen atoms in total. The van der Waals surface area contributed by atoms with E-state index >= 15 is 0 Å². The lowest BCUT2D eigenvalue weighted by atomic mass is 10.1. The lowest BCUT2D eigenvalue weighted by Crippen LogP contribution is -2.03. The zero-order chi connectivity index (χ0) is 14.5. The van der Waals surface area contributed by atoms with Crippen LogP contribution in [0, 0.1) is 5.92 Å². The standard InChI is InChI=1S/C16H21N3O/c1-11(2)8-14-9-15(17)19-16(18-14)13-6-4-12(5-7-13)10-20-3/h4-7,9,11H,8,10H2,1-3H3,(H2,17,18,19). The minimum Gasteiger partial charge on any atom is -0.384 e. The maximum absolute atomic E-state index is 5.88. The third-order valence-electron chi connectivity index (χ3n) is 2.94. The summed E-state index contributed by atoms with van der Waals surface area (Å²) in [6.07, 6.45) is 0.904. The van der Waals surface area contributed by atoms with Gasteiger partial charge < -0.3 is 10.5 Å². The van der Waals surface area contributed by atoms with E-state index in [2.05, 4.69) is 23.8 Å². The molecule has 0 aliphatic rings. The molecule has 0 saturated carbocycles. The van der Waals surface area contributed by atoms with Crippen LogP contribution in [0.15, 0.2) is 30.3 Å². The molecule has 4 heteroatoms. The molecule has 0 spiro atoms. The van der Waals surface area contributed by atoms with Crippen molar-refractivity contribution in [3.63, 3.8) is 0 Å². The highest BCUT2D eigenvalue weighted by atomic mass is 16.5. The summed E-state index contributed by atoms with van der Waals surface area (Å²) in [5.41, 5.74) is 8.97. The van der Waals surface area contributed by atoms with Crippen LogP contribution in [-0.4, -0.2) is 17.1 Å². The van der Waals surface area contributed by atoms with E-state index in [1.165, 1.54) is 0 Å². The minimum absolute atomic E-state index is 0.520. The fourth-order valence-electron chi connectivity index (χ4n) is 2.09. The highest BCUT2D eigenvalue weighted by Crippen LogP contribution is 2.19. The Hall–Kier alpha value is -1.94. The molecular formula is C16H21N3O. The van der Waals surface area contributed by atoms with Gasteiger partial charge in [0.25, 0.3) is 0 Å². The van der Waals surface area contributed by atoms with Crippen LogP contribution in [0.5, 0.6) is 0 Å². The van der Waals surface area contributed by atoms with E-state index in [9.17, 15) is 0 Å². The van der Waals surface area contributed by atoms with Crippen LogP contribution in [0.3, 0.4) is 0 Å². The second-order valence-electron chi connectivity index (χ2n) is 5.34. The number of anilines is 1. The van der Waals surface area contributed by atoms with Crippen molar-refractivity contribution in [2.24, 2.45) is 5.92 Å². The van der Waals surface area contributed by atoms with Gasteiger partial charge in [-0.1, -0.05) is 38.1 Å². The van der Waals surface area contributed by atoms with E-state index in [1.807, 2.05) is 30.3 Å². The molecule has 0 aliphatic heterocycles. The van der Waals surface area contributed by atoms with E-state index in [0.29, 0.717) is 24.2 Å². The van der Waals surface area contributed by atoms with Gasteiger partial charge >= 0.3 is 0 Å². The Morgan fingerprint density at radius 2 is 1.85 bits per heavy atom. The summed E-state index contributed by atoms with van der Waals surface area (Å²) in [6.45, 7) is 4.94. The number of hydrogen-bond donors (Lipinski definition) is 1. The number of nitrogens with zero attached hydrogens (tertiary/aromatic N) is 2. The fourth-order valence-corrected chi connectivity index (χ4v) is 2.09. The zero-order valence-electron chi connectivity index (χ0n) is 12.3. The molecule has 1 aromatic heterocycles. The number of benzene rings is 1. The predicted molar refractivity (Wildman–Crippen MR) is 81.1 cm³/mol. The molecule has 1 heterocycles. The third-order valence-corrected chi connectivity index (χ3v) is 2.94. The summed E-state index contributed by atoms with van der Waals surface area (Å²) in [4.78, 5) is 8.92. The van der Waals surface area contributed by atoms with Crippen LogP contribution in [0.25, 0.3) is 11.4 Å². The van der Waals surface area contributed by atoms with Crippen LogP contribution in [0.4, 0.5) is 5.82 Å². The van der Waals surface area contributed by atoms with E-state index in [1.54, 1.807) is 7.11 Å². The van der Waals surface area contributed by atoms with Gasteiger partial charge in [0.2, 0.25) is 0 Å². The normalized spacial score (nSPS) is 11.0. The van der Waals surface area contributed by atoms with Crippen LogP contribution < -0.4 is 5.73 Å². The number of nitrogen functional groups attached to an aromatic ring is 1. The quantitative estimate of drug-likeness (QED) is 0.907. The topological polar surface area (TPSA) is 61.0 Å². The Labute approximate surface area is 120 Å². The lowest BCUT2D eigenvalue weighted by molar-refractivity contribution is 0.185. The average Bonchev–Trinajstić information content (AvgIpc) is 2.38. The summed E-state index contributed by atoms with van der Waals surface area (Å²) in [6, 6.07) is 9.90. The summed E-state index contributed by atoms with van der Waals surface area (Å²) in [5.74, 6) is 1.75. The lowest BCUT2D eigenvalue weighted by Gasteiger charge is -2.08. The molecule has 1 aromatic carbocycles. The van der Waals surface area contributed by atoms with Gasteiger partial charge in [0, 0.05) is 24.4 Å². The SMILES string of the molecule is COCc1ccc(-c2nc(N)cc(CC(C)C)n2)cc1. The van der Waals surface area contributed by atoms with Gasteiger partial charge in [-0.3, -0.25) is 0 Å². The first-order valence-electron chi connectivity index (χ1n) is 6.80. The van der Waals surface area contributed by atoms with Crippen molar-refractivity contribution in [2.75, 3.05) is 12.8 Å². The molecule has 0 aliphatic carbocycles. The summed E-state index contributed by atoms with van der Waals surface area (Å²) < 4.78 is 5.10. The number of methoxy groups -OCH3 is 1. The van der Waals surface area contributed by atoms with Gasteiger partial charge in [-0.2, -0.15) is 0 Å². The number of hydrogen-bond acceptors (Lipinski definition) is 4. The van der Waals surface area contributed by atoms with Crippen molar-refractivity contribution in [3.05, 3.63) is 41.6 Å². The van der Waals surface area contributed by atoms with Crippen LogP contribution in [0.1, 0.15) is 25.1 Å². The van der Waals surface area contributed by atoms with Gasteiger partial charge in [-0.15, -0.1) is 0 Å². The Kier molecular flexibility index (Phi) is 4.69. The number of nitrogens with two attached hydrogens (primary N) is 1. The molecular weight excluding hydrogens is 250 g/mol. The molecule has 0 bridgehead atoms. The van der Waals surface area contributed by atoms with Crippen molar-refractivity contribution in [3.8, 4) is 11.4 Å². The van der Waals surface area contributed by atoms with E-state index in [0.717, 1.165) is 23.2 Å². The van der Waals surface area contributed by atoms with Gasteiger partial charge in [0.15, 0.2) is 5.82 Å². The number of aromatic nitrogens is 2. The monoisotopic (exact) mass is 271 g/mol. The van der Waals surface area contributed by atoms with Gasteiger partial charge in [0.1, 0.15) is 5.82 Å². The van der Waals surface area contributed by atoms with Gasteiger partial charge in [-0.05, 0) is 17.9 Å². The highest BCUT2D eigenvalue weighted by Gasteiger charge is 2.07. The van der Waals surface area contributed by atoms with Crippen molar-refractivity contribution < 1.29 is 4.74 Å². The van der Waals surface area contributed by atoms with Crippen molar-refractivity contribution >= 4 is 5.82 Å². The first-order chi connectivity index (χ1) is 9.58. The molecule has 0 amide bonds. The van der Waals surface area contributed by atoms with Crippen molar-refractivity contribution in [1.29, 1.82) is 0 Å². The number of ether oxygens (including phenoxy) is 1. The second kappa shape index (κ2) is 6.48. The summed E-state index contributed by atoms with van der Waals surface area (Å²) in [7, 11) is 1.69. The van der Waals surface area contributed by atoms with Crippen LogP contribution in [0.2, 0.25) is 0 Å². The maximum atomic E-state index is 5.88. The summed E-state index contributed by atoms with van der Waals surface area (Å²) in [5, 5.41) is 0. The predicted octanol–water partition coefficient (Wildman–Crippen LogP) is 3.07.